The summed E-state index contributed by atoms with van der Waals surface area (Å²) in [5, 5.41) is 0. The van der Waals surface area contributed by atoms with Crippen LogP contribution in [0.5, 0.6) is 5.75 Å². The maximum atomic E-state index is 14.1. The molecule has 154 valence electrons. The van der Waals surface area contributed by atoms with E-state index >= 15 is 0 Å². The van der Waals surface area contributed by atoms with Crippen molar-refractivity contribution in [3.63, 3.8) is 0 Å². The summed E-state index contributed by atoms with van der Waals surface area (Å²) in [4.78, 5) is 0. The summed E-state index contributed by atoms with van der Waals surface area (Å²) >= 11 is -2.28. The highest BCUT2D eigenvalue weighted by molar-refractivity contribution is 7.91. The van der Waals surface area contributed by atoms with Crippen molar-refractivity contribution in [1.29, 1.82) is 0 Å². The zero-order chi connectivity index (χ0) is 21.0. The second-order valence-corrected chi connectivity index (χ2v) is 8.41. The SMILES string of the molecule is CC(C)(C)[S@+]([O-])N=C(c1ccc(OCCCC(F)(F)F)cc1F)C(F)(F)F. The highest BCUT2D eigenvalue weighted by Gasteiger charge is 2.42. The minimum Gasteiger partial charge on any atom is -0.591 e. The van der Waals surface area contributed by atoms with Gasteiger partial charge in [-0.1, -0.05) is 4.40 Å². The van der Waals surface area contributed by atoms with Crippen molar-refractivity contribution in [3.05, 3.63) is 29.6 Å². The van der Waals surface area contributed by atoms with Crippen molar-refractivity contribution in [2.45, 2.75) is 50.7 Å². The van der Waals surface area contributed by atoms with Gasteiger partial charge in [-0.15, -0.1) is 0 Å². The van der Waals surface area contributed by atoms with E-state index in [1.165, 1.54) is 20.8 Å². The van der Waals surface area contributed by atoms with E-state index in [0.717, 1.165) is 12.1 Å². The molecule has 0 saturated heterocycles. The van der Waals surface area contributed by atoms with Crippen molar-refractivity contribution in [2.75, 3.05) is 6.61 Å². The van der Waals surface area contributed by atoms with Crippen LogP contribution < -0.4 is 4.74 Å². The van der Waals surface area contributed by atoms with Gasteiger partial charge in [0.25, 0.3) is 0 Å². The number of nitrogens with zero attached hydrogens (tertiary/aromatic N) is 1. The van der Waals surface area contributed by atoms with Crippen LogP contribution >= 0.6 is 0 Å². The lowest BCUT2D eigenvalue weighted by Gasteiger charge is -2.20. The summed E-state index contributed by atoms with van der Waals surface area (Å²) in [7, 11) is 0. The van der Waals surface area contributed by atoms with Gasteiger partial charge in [0, 0.05) is 18.1 Å². The number of hydrogen-bond acceptors (Lipinski definition) is 3. The van der Waals surface area contributed by atoms with Crippen LogP contribution in [0.4, 0.5) is 30.7 Å². The molecule has 1 aromatic rings. The Balaban J connectivity index is 3.02. The number of halogens is 7. The molecular weight excluding hydrogens is 403 g/mol. The fourth-order valence-corrected chi connectivity index (χ4v) is 2.36. The van der Waals surface area contributed by atoms with E-state index in [2.05, 4.69) is 4.40 Å². The lowest BCUT2D eigenvalue weighted by molar-refractivity contribution is -0.136. The van der Waals surface area contributed by atoms with E-state index in [-0.39, 0.29) is 18.8 Å². The molecule has 0 radical (unpaired) electrons. The predicted octanol–water partition coefficient (Wildman–Crippen LogP) is 5.36. The van der Waals surface area contributed by atoms with Gasteiger partial charge >= 0.3 is 12.4 Å². The zero-order valence-corrected chi connectivity index (χ0v) is 15.5. The lowest BCUT2D eigenvalue weighted by Crippen LogP contribution is -2.32. The zero-order valence-electron chi connectivity index (χ0n) is 14.7. The molecule has 0 spiro atoms. The van der Waals surface area contributed by atoms with Crippen molar-refractivity contribution in [2.24, 2.45) is 4.40 Å². The molecule has 1 atom stereocenters. The third-order valence-electron chi connectivity index (χ3n) is 3.04. The fourth-order valence-electron chi connectivity index (χ4n) is 1.71. The Morgan fingerprint density at radius 1 is 1.11 bits per heavy atom. The predicted molar refractivity (Wildman–Crippen MR) is 87.7 cm³/mol. The fraction of sp³-hybridized carbons (Fsp3) is 0.562. The molecule has 0 N–H and O–H groups in total. The molecule has 3 nitrogen and oxygen atoms in total. The third kappa shape index (κ3) is 7.96. The quantitative estimate of drug-likeness (QED) is 0.269. The van der Waals surface area contributed by atoms with Crippen LogP contribution in [0, 0.1) is 5.82 Å². The van der Waals surface area contributed by atoms with Gasteiger partial charge in [-0.2, -0.15) is 26.3 Å². The molecule has 0 amide bonds. The average molecular weight is 421 g/mol. The molecule has 0 heterocycles. The highest BCUT2D eigenvalue weighted by Crippen LogP contribution is 2.29. The molecule has 1 aromatic carbocycles. The van der Waals surface area contributed by atoms with Crippen molar-refractivity contribution < 1.29 is 40.0 Å². The van der Waals surface area contributed by atoms with Crippen LogP contribution in [-0.4, -0.2) is 34.0 Å². The lowest BCUT2D eigenvalue weighted by atomic mass is 10.1. The second-order valence-electron chi connectivity index (χ2n) is 6.51. The molecule has 0 saturated carbocycles. The van der Waals surface area contributed by atoms with Gasteiger partial charge in [-0.05, 0) is 39.3 Å². The maximum absolute atomic E-state index is 14.1. The summed E-state index contributed by atoms with van der Waals surface area (Å²) in [6.45, 7) is 3.85. The average Bonchev–Trinajstić information content (AvgIpc) is 2.46. The summed E-state index contributed by atoms with van der Waals surface area (Å²) in [5.41, 5.74) is -2.57. The molecule has 0 aliphatic rings. The normalized spacial score (nSPS) is 15.0. The molecule has 0 bridgehead atoms. The van der Waals surface area contributed by atoms with Crippen LogP contribution in [0.1, 0.15) is 39.2 Å². The summed E-state index contributed by atoms with van der Waals surface area (Å²) in [5.74, 6) is -1.57. The van der Waals surface area contributed by atoms with Gasteiger partial charge < -0.3 is 9.29 Å². The second kappa shape index (κ2) is 8.68. The van der Waals surface area contributed by atoms with Gasteiger partial charge in [0.2, 0.25) is 5.71 Å². The first-order chi connectivity index (χ1) is 12.1. The Bertz CT molecular complexity index is 666. The standard InChI is InChI=1S/C16H18F7NO2S/c1-14(2,3)27(25)24-13(16(21,22)23)11-6-5-10(9-12(11)17)26-8-4-7-15(18,19)20/h5-6,9H,4,7-8H2,1-3H3/t27-/m0/s1. The Kier molecular flexibility index (Phi) is 7.57. The number of alkyl halides is 6. The summed E-state index contributed by atoms with van der Waals surface area (Å²) in [6.07, 6.45) is -10.9. The van der Waals surface area contributed by atoms with Gasteiger partial charge in [-0.3, -0.25) is 0 Å². The number of benzene rings is 1. The molecule has 11 heteroatoms. The van der Waals surface area contributed by atoms with E-state index in [0.29, 0.717) is 6.07 Å². The molecule has 0 fully saturated rings. The van der Waals surface area contributed by atoms with Crippen LogP contribution in [0.15, 0.2) is 22.6 Å². The number of ether oxygens (including phenoxy) is 1. The molecular formula is C16H18F7NO2S. The van der Waals surface area contributed by atoms with Gasteiger partial charge in [0.05, 0.1) is 6.61 Å². The van der Waals surface area contributed by atoms with Crippen molar-refractivity contribution in [3.8, 4) is 5.75 Å². The molecule has 0 aliphatic carbocycles. The number of hydrogen-bond donors (Lipinski definition) is 0. The largest absolute Gasteiger partial charge is 0.591 e. The van der Waals surface area contributed by atoms with Gasteiger partial charge in [0.1, 0.15) is 27.7 Å². The maximum Gasteiger partial charge on any atom is 0.438 e. The monoisotopic (exact) mass is 421 g/mol. The van der Waals surface area contributed by atoms with E-state index in [1.807, 2.05) is 0 Å². The van der Waals surface area contributed by atoms with E-state index in [1.54, 1.807) is 0 Å². The van der Waals surface area contributed by atoms with Crippen molar-refractivity contribution >= 4 is 17.1 Å². The minimum atomic E-state index is -5.06. The minimum absolute atomic E-state index is 0.225. The van der Waals surface area contributed by atoms with Gasteiger partial charge in [0.15, 0.2) is 0 Å². The van der Waals surface area contributed by atoms with Gasteiger partial charge in [-0.25, -0.2) is 4.39 Å². The van der Waals surface area contributed by atoms with Crippen LogP contribution in [0.25, 0.3) is 0 Å². The molecule has 0 aliphatic heterocycles. The first-order valence-corrected chi connectivity index (χ1v) is 8.79. The first-order valence-electron chi connectivity index (χ1n) is 7.68. The van der Waals surface area contributed by atoms with Crippen LogP contribution in [0.3, 0.4) is 0 Å². The smallest absolute Gasteiger partial charge is 0.438 e. The summed E-state index contributed by atoms with van der Waals surface area (Å²) in [6, 6.07) is 2.33. The number of rotatable bonds is 6. The third-order valence-corrected chi connectivity index (χ3v) is 4.43. The first kappa shape index (κ1) is 23.5. The van der Waals surface area contributed by atoms with Crippen molar-refractivity contribution in [1.82, 2.24) is 0 Å². The Labute approximate surface area is 154 Å². The highest BCUT2D eigenvalue weighted by atomic mass is 32.2. The molecule has 0 unspecified atom stereocenters. The Morgan fingerprint density at radius 2 is 1.70 bits per heavy atom. The topological polar surface area (TPSA) is 44.7 Å². The Hall–Kier alpha value is -1.49. The summed E-state index contributed by atoms with van der Waals surface area (Å²) < 4.78 is 109. The molecule has 1 rings (SSSR count). The van der Waals surface area contributed by atoms with E-state index in [4.69, 9.17) is 4.74 Å². The Morgan fingerprint density at radius 3 is 2.15 bits per heavy atom. The molecule has 27 heavy (non-hydrogen) atoms. The van der Waals surface area contributed by atoms with E-state index in [9.17, 15) is 35.3 Å². The van der Waals surface area contributed by atoms with E-state index < -0.39 is 52.0 Å². The van der Waals surface area contributed by atoms with Crippen LogP contribution in [-0.2, 0) is 11.4 Å². The molecule has 0 aromatic heterocycles. The van der Waals surface area contributed by atoms with Crippen LogP contribution in [0.2, 0.25) is 0 Å².